The number of benzene rings is 5. The van der Waals surface area contributed by atoms with E-state index in [2.05, 4.69) is 54.6 Å². The lowest BCUT2D eigenvalue weighted by Crippen LogP contribution is -2.60. The number of ether oxygens (including phenoxy) is 5. The number of hydrogen-bond donors (Lipinski definition) is 1. The summed E-state index contributed by atoms with van der Waals surface area (Å²) in [6.07, 6.45) is -3.76. The highest BCUT2D eigenvalue weighted by Gasteiger charge is 2.47. The van der Waals surface area contributed by atoms with Crippen LogP contribution in [0.2, 0.25) is 0 Å². The molecule has 6 heteroatoms. The molecule has 1 aliphatic heterocycles. The highest BCUT2D eigenvalue weighted by Crippen LogP contribution is 2.29. The van der Waals surface area contributed by atoms with Gasteiger partial charge in [0.25, 0.3) is 0 Å². The minimum atomic E-state index is -0.991. The average molecular weight is 565 g/mol. The number of fused-ring (bicyclic) bond motifs is 2. The molecule has 42 heavy (non-hydrogen) atoms. The summed E-state index contributed by atoms with van der Waals surface area (Å²) in [5.74, 6) is 0. The van der Waals surface area contributed by atoms with E-state index in [0.717, 1.165) is 27.5 Å². The molecule has 216 valence electrons. The van der Waals surface area contributed by atoms with Crippen LogP contribution >= 0.6 is 0 Å². The molecule has 1 N–H and O–H groups in total. The van der Waals surface area contributed by atoms with Gasteiger partial charge in [-0.3, -0.25) is 0 Å². The van der Waals surface area contributed by atoms with Crippen molar-refractivity contribution in [3.8, 4) is 0 Å². The van der Waals surface area contributed by atoms with Crippen LogP contribution in [0.4, 0.5) is 0 Å². The predicted octanol–water partition coefficient (Wildman–Crippen LogP) is 6.41. The average Bonchev–Trinajstić information content (AvgIpc) is 3.04. The van der Waals surface area contributed by atoms with Gasteiger partial charge in [0.2, 0.25) is 0 Å². The molecule has 0 saturated carbocycles. The highest BCUT2D eigenvalue weighted by molar-refractivity contribution is 5.83. The van der Waals surface area contributed by atoms with Crippen molar-refractivity contribution in [3.05, 3.63) is 132 Å². The maximum atomic E-state index is 11.5. The maximum Gasteiger partial charge on any atom is 0.186 e. The zero-order valence-corrected chi connectivity index (χ0v) is 23.7. The molecular formula is C36H36O6. The van der Waals surface area contributed by atoms with Crippen molar-refractivity contribution in [2.24, 2.45) is 0 Å². The zero-order chi connectivity index (χ0) is 28.7. The topological polar surface area (TPSA) is 66.4 Å². The van der Waals surface area contributed by atoms with E-state index in [1.165, 1.54) is 10.8 Å². The third-order valence-corrected chi connectivity index (χ3v) is 7.76. The minimum Gasteiger partial charge on any atom is -0.387 e. The summed E-state index contributed by atoms with van der Waals surface area (Å²) in [7, 11) is 1.58. The third-order valence-electron chi connectivity index (χ3n) is 7.76. The Bertz CT molecular complexity index is 1590. The fraction of sp³-hybridized carbons (Fsp3) is 0.278. The molecule has 5 aromatic rings. The van der Waals surface area contributed by atoms with Gasteiger partial charge in [-0.05, 0) is 50.4 Å². The molecule has 0 aliphatic carbocycles. The summed E-state index contributed by atoms with van der Waals surface area (Å²) < 4.78 is 30.7. The molecular weight excluding hydrogens is 528 g/mol. The van der Waals surface area contributed by atoms with Crippen LogP contribution in [-0.4, -0.2) is 49.5 Å². The molecule has 0 aromatic heterocycles. The first kappa shape index (κ1) is 28.5. The summed E-state index contributed by atoms with van der Waals surface area (Å²) in [4.78, 5) is 0. The van der Waals surface area contributed by atoms with Crippen LogP contribution in [0.15, 0.2) is 115 Å². The van der Waals surface area contributed by atoms with E-state index in [4.69, 9.17) is 23.7 Å². The smallest absolute Gasteiger partial charge is 0.186 e. The summed E-state index contributed by atoms with van der Waals surface area (Å²) in [5, 5.41) is 16.1. The molecule has 0 spiro atoms. The van der Waals surface area contributed by atoms with Crippen LogP contribution in [-0.2, 0) is 43.5 Å². The van der Waals surface area contributed by atoms with Crippen LogP contribution in [0.25, 0.3) is 21.5 Å². The van der Waals surface area contributed by atoms with E-state index in [-0.39, 0.29) is 6.61 Å². The quantitative estimate of drug-likeness (QED) is 0.200. The summed E-state index contributed by atoms with van der Waals surface area (Å²) >= 11 is 0. The molecule has 1 aliphatic rings. The van der Waals surface area contributed by atoms with Gasteiger partial charge in [0.1, 0.15) is 24.4 Å². The molecule has 1 saturated heterocycles. The van der Waals surface area contributed by atoms with Crippen molar-refractivity contribution in [2.45, 2.75) is 50.5 Å². The Morgan fingerprint density at radius 2 is 1.14 bits per heavy atom. The Kier molecular flexibility index (Phi) is 9.21. The number of hydrogen-bond acceptors (Lipinski definition) is 6. The van der Waals surface area contributed by atoms with Gasteiger partial charge in [0.15, 0.2) is 6.29 Å². The molecule has 0 unspecified atom stereocenters. The van der Waals surface area contributed by atoms with Gasteiger partial charge in [-0.25, -0.2) is 0 Å². The van der Waals surface area contributed by atoms with Gasteiger partial charge >= 0.3 is 0 Å². The number of aliphatic hydroxyl groups is 1. The molecule has 1 heterocycles. The van der Waals surface area contributed by atoms with Crippen molar-refractivity contribution >= 4 is 21.5 Å². The number of aliphatic hydroxyl groups excluding tert-OH is 1. The molecule has 6 rings (SSSR count). The molecule has 5 aromatic carbocycles. The first-order valence-electron chi connectivity index (χ1n) is 14.3. The van der Waals surface area contributed by atoms with E-state index < -0.39 is 30.7 Å². The van der Waals surface area contributed by atoms with E-state index in [0.29, 0.717) is 19.8 Å². The Morgan fingerprint density at radius 3 is 1.74 bits per heavy atom. The maximum absolute atomic E-state index is 11.5. The van der Waals surface area contributed by atoms with Gasteiger partial charge in [-0.1, -0.05) is 103 Å². The van der Waals surface area contributed by atoms with Crippen molar-refractivity contribution in [1.82, 2.24) is 0 Å². The van der Waals surface area contributed by atoms with Crippen molar-refractivity contribution in [2.75, 3.05) is 13.7 Å². The van der Waals surface area contributed by atoms with Crippen LogP contribution in [0.5, 0.6) is 0 Å². The largest absolute Gasteiger partial charge is 0.387 e. The highest BCUT2D eigenvalue weighted by atomic mass is 16.7. The second kappa shape index (κ2) is 13.6. The van der Waals surface area contributed by atoms with E-state index >= 15 is 0 Å². The van der Waals surface area contributed by atoms with Gasteiger partial charge in [0, 0.05) is 7.11 Å². The monoisotopic (exact) mass is 564 g/mol. The zero-order valence-electron chi connectivity index (χ0n) is 23.7. The lowest BCUT2D eigenvalue weighted by molar-refractivity contribution is -0.315. The van der Waals surface area contributed by atoms with Gasteiger partial charge in [-0.15, -0.1) is 0 Å². The van der Waals surface area contributed by atoms with Crippen molar-refractivity contribution in [3.63, 3.8) is 0 Å². The minimum absolute atomic E-state index is 0.184. The van der Waals surface area contributed by atoms with Crippen LogP contribution < -0.4 is 0 Å². The summed E-state index contributed by atoms with van der Waals surface area (Å²) in [6.45, 7) is 1.21. The summed E-state index contributed by atoms with van der Waals surface area (Å²) in [5.41, 5.74) is 3.07. The molecule has 0 radical (unpaired) electrons. The fourth-order valence-electron chi connectivity index (χ4n) is 5.49. The van der Waals surface area contributed by atoms with Gasteiger partial charge in [-0.2, -0.15) is 0 Å². The van der Waals surface area contributed by atoms with Gasteiger partial charge < -0.3 is 28.8 Å². The van der Waals surface area contributed by atoms with Crippen LogP contribution in [0.3, 0.4) is 0 Å². The molecule has 1 fully saturated rings. The van der Waals surface area contributed by atoms with Gasteiger partial charge in [0.05, 0.1) is 26.4 Å². The first-order chi connectivity index (χ1) is 20.7. The first-order valence-corrected chi connectivity index (χ1v) is 14.3. The Morgan fingerprint density at radius 1 is 0.595 bits per heavy atom. The number of methoxy groups -OCH3 is 1. The van der Waals surface area contributed by atoms with E-state index in [1.54, 1.807) is 7.11 Å². The summed E-state index contributed by atoms with van der Waals surface area (Å²) in [6, 6.07) is 38.8. The molecule has 0 bridgehead atoms. The molecule has 6 nitrogen and oxygen atoms in total. The lowest BCUT2D eigenvalue weighted by atomic mass is 9.98. The Labute approximate surface area is 246 Å². The van der Waals surface area contributed by atoms with Crippen LogP contribution in [0, 0.1) is 0 Å². The predicted molar refractivity (Wildman–Crippen MR) is 163 cm³/mol. The number of rotatable bonds is 11. The fourth-order valence-corrected chi connectivity index (χ4v) is 5.49. The third kappa shape index (κ3) is 6.71. The SMILES string of the molecule is CO[C@H]1O[C@H](COCc2ccccc2)[C@H](O)[C@H](OCc2ccc3ccccc3c2)[C@H]1OCc1ccc2ccccc2c1. The van der Waals surface area contributed by atoms with E-state index in [9.17, 15) is 5.11 Å². The normalized spacial score (nSPS) is 22.5. The van der Waals surface area contributed by atoms with Crippen molar-refractivity contribution in [1.29, 1.82) is 0 Å². The Hall–Kier alpha value is -3.62. The van der Waals surface area contributed by atoms with Crippen LogP contribution in [0.1, 0.15) is 16.7 Å². The molecule has 5 atom stereocenters. The second-order valence-electron chi connectivity index (χ2n) is 10.7. The standard InChI is InChI=1S/C36H36O6/c1-38-36-35(41-23-27-16-18-29-12-6-8-14-31(29)20-27)34(40-22-26-15-17-28-11-5-7-13-30(28)19-26)33(37)32(42-36)24-39-21-25-9-3-2-4-10-25/h2-20,32-37H,21-24H2,1H3/t32-,33+,34+,35-,36+/m1/s1. The lowest BCUT2D eigenvalue weighted by Gasteiger charge is -2.43. The van der Waals surface area contributed by atoms with E-state index in [1.807, 2.05) is 60.7 Å². The molecule has 0 amide bonds. The second-order valence-corrected chi connectivity index (χ2v) is 10.7. The Balaban J connectivity index is 1.19. The van der Waals surface area contributed by atoms with Crippen molar-refractivity contribution < 1.29 is 28.8 Å².